The van der Waals surface area contributed by atoms with Crippen molar-refractivity contribution in [3.8, 4) is 0 Å². The van der Waals surface area contributed by atoms with Gasteiger partial charge in [-0.3, -0.25) is 0 Å². The lowest BCUT2D eigenvalue weighted by Crippen LogP contribution is -2.59. The molecule has 1 heterocycles. The molecule has 0 atom stereocenters. The average Bonchev–Trinajstić information content (AvgIpc) is 3.10. The number of hydrogen-bond donors (Lipinski definition) is 0. The van der Waals surface area contributed by atoms with Crippen LogP contribution in [0.5, 0.6) is 0 Å². The Morgan fingerprint density at radius 2 is 0.357 bits per heavy atom. The summed E-state index contributed by atoms with van der Waals surface area (Å²) in [6, 6.07) is 60.9. The zero-order chi connectivity index (χ0) is 28.3. The Morgan fingerprint density at radius 1 is 0.214 bits per heavy atom. The lowest BCUT2D eigenvalue weighted by atomic mass is 9.88. The highest BCUT2D eigenvalue weighted by molar-refractivity contribution is 5.43. The maximum absolute atomic E-state index is 7.46. The molecule has 0 radical (unpaired) electrons. The van der Waals surface area contributed by atoms with Crippen molar-refractivity contribution >= 4 is 0 Å². The molecule has 3 heteroatoms. The average molecular weight is 547 g/mol. The Hall–Kier alpha value is -4.80. The van der Waals surface area contributed by atoms with Gasteiger partial charge in [-0.1, -0.05) is 182 Å². The number of benzene rings is 6. The van der Waals surface area contributed by atoms with Crippen molar-refractivity contribution in [2.75, 3.05) is 0 Å². The first kappa shape index (κ1) is 26.1. The van der Waals surface area contributed by atoms with Gasteiger partial charge in [-0.25, -0.2) is 0 Å². The normalized spacial score (nSPS) is 16.9. The molecule has 3 nitrogen and oxygen atoms in total. The van der Waals surface area contributed by atoms with Gasteiger partial charge >= 0.3 is 0 Å². The number of rotatable bonds is 6. The fourth-order valence-corrected chi connectivity index (χ4v) is 5.82. The SMILES string of the molecule is c1ccc(C2(c3ccccc3)OC(c3ccccc3)(c3ccccc3)OC(c3ccccc3)(c3ccccc3)O2)cc1. The van der Waals surface area contributed by atoms with E-state index in [-0.39, 0.29) is 0 Å². The van der Waals surface area contributed by atoms with Crippen molar-refractivity contribution < 1.29 is 14.2 Å². The van der Waals surface area contributed by atoms with Gasteiger partial charge in [0.05, 0.1) is 0 Å². The largest absolute Gasteiger partial charge is 0.301 e. The molecule has 0 saturated carbocycles. The molecule has 0 spiro atoms. The highest BCUT2D eigenvalue weighted by atomic mass is 16.9. The summed E-state index contributed by atoms with van der Waals surface area (Å²) in [5.74, 6) is -4.13. The summed E-state index contributed by atoms with van der Waals surface area (Å²) in [7, 11) is 0. The molecule has 0 amide bonds. The predicted octanol–water partition coefficient (Wildman–Crippen LogP) is 8.75. The van der Waals surface area contributed by atoms with Crippen molar-refractivity contribution in [3.05, 3.63) is 215 Å². The van der Waals surface area contributed by atoms with E-state index >= 15 is 0 Å². The molecule has 6 aromatic carbocycles. The monoisotopic (exact) mass is 546 g/mol. The van der Waals surface area contributed by atoms with Crippen molar-refractivity contribution in [2.45, 2.75) is 17.4 Å². The third-order valence-corrected chi connectivity index (χ3v) is 7.79. The van der Waals surface area contributed by atoms with E-state index in [1.54, 1.807) is 0 Å². The van der Waals surface area contributed by atoms with Crippen LogP contribution in [-0.2, 0) is 31.6 Å². The predicted molar refractivity (Wildman–Crippen MR) is 164 cm³/mol. The van der Waals surface area contributed by atoms with Crippen LogP contribution in [0.4, 0.5) is 0 Å². The molecule has 42 heavy (non-hydrogen) atoms. The van der Waals surface area contributed by atoms with Crippen LogP contribution < -0.4 is 0 Å². The maximum atomic E-state index is 7.46. The molecule has 0 N–H and O–H groups in total. The van der Waals surface area contributed by atoms with Crippen LogP contribution in [0, 0.1) is 0 Å². The van der Waals surface area contributed by atoms with Gasteiger partial charge in [0.1, 0.15) is 0 Å². The van der Waals surface area contributed by atoms with E-state index in [0.29, 0.717) is 0 Å². The van der Waals surface area contributed by atoms with Crippen molar-refractivity contribution in [1.82, 2.24) is 0 Å². The van der Waals surface area contributed by atoms with Gasteiger partial charge in [0.15, 0.2) is 0 Å². The fourth-order valence-electron chi connectivity index (χ4n) is 5.82. The second kappa shape index (κ2) is 10.9. The molecule has 1 aliphatic heterocycles. The van der Waals surface area contributed by atoms with E-state index in [0.717, 1.165) is 33.4 Å². The lowest BCUT2D eigenvalue weighted by molar-refractivity contribution is -0.497. The zero-order valence-corrected chi connectivity index (χ0v) is 23.0. The maximum Gasteiger partial charge on any atom is 0.228 e. The van der Waals surface area contributed by atoms with Gasteiger partial charge < -0.3 is 14.2 Å². The summed E-state index contributed by atoms with van der Waals surface area (Å²) in [5.41, 5.74) is 5.12. The minimum absolute atomic E-state index is 0.854. The summed E-state index contributed by atoms with van der Waals surface area (Å²) < 4.78 is 22.4. The highest BCUT2D eigenvalue weighted by Gasteiger charge is 2.62. The minimum Gasteiger partial charge on any atom is -0.301 e. The van der Waals surface area contributed by atoms with Crippen LogP contribution in [0.2, 0.25) is 0 Å². The van der Waals surface area contributed by atoms with E-state index in [1.165, 1.54) is 0 Å². The van der Waals surface area contributed by atoms with Crippen molar-refractivity contribution in [1.29, 1.82) is 0 Å². The summed E-state index contributed by atoms with van der Waals surface area (Å²) >= 11 is 0. The van der Waals surface area contributed by atoms with Crippen LogP contribution in [0.25, 0.3) is 0 Å². The standard InChI is InChI=1S/C39H30O3/c1-7-19-31(20-8-1)37(32-21-9-2-10-22-32)40-38(33-23-11-3-12-24-33,34-25-13-4-14-26-34)42-39(41-37,35-27-15-5-16-28-35)36-29-17-6-18-30-36/h1-30H. The molecule has 0 unspecified atom stereocenters. The van der Waals surface area contributed by atoms with E-state index in [9.17, 15) is 0 Å². The highest BCUT2D eigenvalue weighted by Crippen LogP contribution is 2.58. The summed E-state index contributed by atoms with van der Waals surface area (Å²) in [6.07, 6.45) is 0. The molecule has 0 aromatic heterocycles. The smallest absolute Gasteiger partial charge is 0.228 e. The van der Waals surface area contributed by atoms with Crippen LogP contribution in [0.3, 0.4) is 0 Å². The first-order chi connectivity index (χ1) is 20.8. The van der Waals surface area contributed by atoms with Gasteiger partial charge in [-0.05, 0) is 0 Å². The number of ether oxygens (including phenoxy) is 3. The molecule has 0 bridgehead atoms. The van der Waals surface area contributed by atoms with Crippen LogP contribution in [-0.4, -0.2) is 0 Å². The minimum atomic E-state index is -1.38. The van der Waals surface area contributed by atoms with E-state index in [2.05, 4.69) is 72.8 Å². The zero-order valence-electron chi connectivity index (χ0n) is 23.0. The van der Waals surface area contributed by atoms with E-state index in [1.807, 2.05) is 109 Å². The van der Waals surface area contributed by atoms with Gasteiger partial charge in [0, 0.05) is 33.4 Å². The van der Waals surface area contributed by atoms with Crippen LogP contribution in [0.15, 0.2) is 182 Å². The molecule has 7 rings (SSSR count). The molecule has 1 saturated heterocycles. The fraction of sp³-hybridized carbons (Fsp3) is 0.0769. The Bertz CT molecular complexity index is 1380. The topological polar surface area (TPSA) is 27.7 Å². The first-order valence-electron chi connectivity index (χ1n) is 14.2. The molecule has 1 aliphatic rings. The van der Waals surface area contributed by atoms with E-state index < -0.39 is 17.4 Å². The second-order valence-corrected chi connectivity index (χ2v) is 10.4. The van der Waals surface area contributed by atoms with Crippen LogP contribution in [0.1, 0.15) is 33.4 Å². The Labute approximate surface area is 246 Å². The Balaban J connectivity index is 1.64. The van der Waals surface area contributed by atoms with Gasteiger partial charge in [0.25, 0.3) is 0 Å². The quantitative estimate of drug-likeness (QED) is 0.209. The van der Waals surface area contributed by atoms with E-state index in [4.69, 9.17) is 14.2 Å². The summed E-state index contributed by atoms with van der Waals surface area (Å²) in [6.45, 7) is 0. The number of hydrogen-bond acceptors (Lipinski definition) is 3. The molecule has 204 valence electrons. The lowest BCUT2D eigenvalue weighted by Gasteiger charge is -2.56. The molecule has 0 aliphatic carbocycles. The van der Waals surface area contributed by atoms with Gasteiger partial charge in [0.2, 0.25) is 17.4 Å². The molecular formula is C39H30O3. The van der Waals surface area contributed by atoms with Gasteiger partial charge in [-0.2, -0.15) is 0 Å². The molecule has 1 fully saturated rings. The third kappa shape index (κ3) is 4.36. The van der Waals surface area contributed by atoms with Crippen molar-refractivity contribution in [3.63, 3.8) is 0 Å². The summed E-state index contributed by atoms with van der Waals surface area (Å²) in [5, 5.41) is 0. The Kier molecular flexibility index (Phi) is 6.77. The Morgan fingerprint density at radius 3 is 0.500 bits per heavy atom. The first-order valence-corrected chi connectivity index (χ1v) is 14.2. The molecular weight excluding hydrogens is 516 g/mol. The second-order valence-electron chi connectivity index (χ2n) is 10.4. The van der Waals surface area contributed by atoms with Gasteiger partial charge in [-0.15, -0.1) is 0 Å². The summed E-state index contributed by atoms with van der Waals surface area (Å²) in [4.78, 5) is 0. The third-order valence-electron chi connectivity index (χ3n) is 7.79. The molecule has 6 aromatic rings. The van der Waals surface area contributed by atoms with Crippen molar-refractivity contribution in [2.24, 2.45) is 0 Å². The van der Waals surface area contributed by atoms with Crippen LogP contribution >= 0.6 is 0 Å².